The van der Waals surface area contributed by atoms with Gasteiger partial charge in [0.1, 0.15) is 5.38 Å². The zero-order valence-corrected chi connectivity index (χ0v) is 16.0. The van der Waals surface area contributed by atoms with Crippen molar-refractivity contribution in [1.29, 1.82) is 0 Å². The first kappa shape index (κ1) is 18.0. The Kier molecular flexibility index (Phi) is 5.53. The number of piperidine rings is 1. The number of hydrazine groups is 1. The molecule has 5 atom stereocenters. The molecule has 0 bridgehead atoms. The lowest BCUT2D eigenvalue weighted by molar-refractivity contribution is -0.125. The lowest BCUT2D eigenvalue weighted by atomic mass is 9.83. The molecule has 4 aliphatic rings. The first-order chi connectivity index (χ1) is 12.1. The van der Waals surface area contributed by atoms with Crippen LogP contribution in [0.4, 0.5) is 0 Å². The molecule has 3 heterocycles. The average molecular weight is 370 g/mol. The van der Waals surface area contributed by atoms with Gasteiger partial charge in [0, 0.05) is 50.5 Å². The van der Waals surface area contributed by atoms with E-state index in [4.69, 9.17) is 11.6 Å². The van der Waals surface area contributed by atoms with Gasteiger partial charge in [0.05, 0.1) is 0 Å². The molecule has 0 aromatic heterocycles. The molecule has 1 aliphatic carbocycles. The number of halogens is 1. The minimum absolute atomic E-state index is 0.0861. The van der Waals surface area contributed by atoms with Crippen LogP contribution in [0.25, 0.3) is 0 Å². The molecular formula is C18H32ClN5O. The van der Waals surface area contributed by atoms with Gasteiger partial charge in [-0.05, 0) is 32.1 Å². The second-order valence-corrected chi connectivity index (χ2v) is 8.78. The first-order valence-corrected chi connectivity index (χ1v) is 10.5. The van der Waals surface area contributed by atoms with Gasteiger partial charge >= 0.3 is 0 Å². The molecule has 4 rings (SSSR count). The van der Waals surface area contributed by atoms with Crippen LogP contribution in [-0.4, -0.2) is 71.6 Å². The van der Waals surface area contributed by atoms with Crippen molar-refractivity contribution >= 4 is 17.5 Å². The van der Waals surface area contributed by atoms with E-state index in [1.807, 2.05) is 0 Å². The maximum atomic E-state index is 11.8. The molecule has 1 saturated carbocycles. The molecule has 4 fully saturated rings. The summed E-state index contributed by atoms with van der Waals surface area (Å²) in [7, 11) is 0. The number of carbonyl (C=O) groups excluding carboxylic acids is 1. The highest BCUT2D eigenvalue weighted by atomic mass is 35.5. The van der Waals surface area contributed by atoms with Gasteiger partial charge in [-0.1, -0.05) is 19.3 Å². The molecule has 7 heteroatoms. The lowest BCUT2D eigenvalue weighted by Gasteiger charge is -2.45. The van der Waals surface area contributed by atoms with E-state index in [0.717, 1.165) is 38.6 Å². The largest absolute Gasteiger partial charge is 0.299 e. The summed E-state index contributed by atoms with van der Waals surface area (Å²) in [5.41, 5.74) is 5.62. The Hall–Kier alpha value is -0.400. The minimum Gasteiger partial charge on any atom is -0.299 e. The molecular weight excluding hydrogens is 338 g/mol. The molecule has 0 radical (unpaired) electrons. The quantitative estimate of drug-likeness (QED) is 0.644. The van der Waals surface area contributed by atoms with Crippen molar-refractivity contribution in [2.75, 3.05) is 26.3 Å². The minimum atomic E-state index is -0.462. The normalized spacial score (nSPS) is 39.8. The van der Waals surface area contributed by atoms with Crippen molar-refractivity contribution in [3.05, 3.63) is 0 Å². The molecule has 0 spiro atoms. The van der Waals surface area contributed by atoms with Crippen LogP contribution < -0.4 is 16.2 Å². The van der Waals surface area contributed by atoms with Crippen LogP contribution in [0.3, 0.4) is 0 Å². The average Bonchev–Trinajstić information content (AvgIpc) is 3.07. The Labute approximate surface area is 156 Å². The molecule has 0 aromatic rings. The highest BCUT2D eigenvalue weighted by Gasteiger charge is 2.44. The zero-order chi connectivity index (χ0) is 17.4. The summed E-state index contributed by atoms with van der Waals surface area (Å²) in [5, 5.41) is 3.28. The fourth-order valence-corrected chi connectivity index (χ4v) is 5.74. The summed E-state index contributed by atoms with van der Waals surface area (Å²) in [6.07, 6.45) is 8.20. The van der Waals surface area contributed by atoms with E-state index in [1.165, 1.54) is 32.1 Å². The molecule has 142 valence electrons. The Bertz CT molecular complexity index is 486. The first-order valence-electron chi connectivity index (χ1n) is 10.0. The number of nitrogens with one attached hydrogen (secondary N) is 3. The third kappa shape index (κ3) is 3.56. The van der Waals surface area contributed by atoms with Crippen LogP contribution >= 0.6 is 11.6 Å². The van der Waals surface area contributed by atoms with Gasteiger partial charge in [-0.15, -0.1) is 11.6 Å². The number of fused-ring (bicyclic) bond motifs is 1. The van der Waals surface area contributed by atoms with Crippen LogP contribution in [0.5, 0.6) is 0 Å². The summed E-state index contributed by atoms with van der Waals surface area (Å²) in [5.74, 6) is 0.762. The monoisotopic (exact) mass is 369 g/mol. The van der Waals surface area contributed by atoms with E-state index >= 15 is 0 Å². The molecule has 25 heavy (non-hydrogen) atoms. The van der Waals surface area contributed by atoms with Gasteiger partial charge in [0.15, 0.2) is 0 Å². The van der Waals surface area contributed by atoms with Crippen molar-refractivity contribution in [1.82, 2.24) is 26.0 Å². The highest BCUT2D eigenvalue weighted by molar-refractivity contribution is 6.31. The van der Waals surface area contributed by atoms with Crippen molar-refractivity contribution in [2.45, 2.75) is 75.0 Å². The van der Waals surface area contributed by atoms with Crippen LogP contribution in [0.15, 0.2) is 0 Å². The Balaban J connectivity index is 1.37. The number of alkyl halides is 1. The summed E-state index contributed by atoms with van der Waals surface area (Å²) >= 11 is 6.37. The standard InChI is InChI=1S/C18H32ClN5O/c1-12(13-5-3-2-4-6-13)24-11-20-14-10-23(8-7-15(14)24)16-9-21-22-18(25)17(16)19/h12-17,20-21H,2-11H2,1H3,(H,22,25)/t12-,14?,15?,16?,17?/m1/s1. The number of carbonyl (C=O) groups is 1. The fourth-order valence-electron chi connectivity index (χ4n) is 5.44. The topological polar surface area (TPSA) is 59.6 Å². The summed E-state index contributed by atoms with van der Waals surface area (Å²) in [4.78, 5) is 17.0. The van der Waals surface area contributed by atoms with Crippen molar-refractivity contribution < 1.29 is 4.79 Å². The molecule has 4 unspecified atom stereocenters. The van der Waals surface area contributed by atoms with Gasteiger partial charge in [-0.25, -0.2) is 5.43 Å². The van der Waals surface area contributed by atoms with Crippen LogP contribution in [-0.2, 0) is 4.79 Å². The maximum Gasteiger partial charge on any atom is 0.253 e. The number of hydrogen-bond donors (Lipinski definition) is 3. The van der Waals surface area contributed by atoms with E-state index in [0.29, 0.717) is 18.1 Å². The van der Waals surface area contributed by atoms with Crippen molar-refractivity contribution in [3.8, 4) is 0 Å². The predicted molar refractivity (Wildman–Crippen MR) is 99.2 cm³/mol. The fraction of sp³-hybridized carbons (Fsp3) is 0.944. The van der Waals surface area contributed by atoms with Gasteiger partial charge < -0.3 is 0 Å². The van der Waals surface area contributed by atoms with Gasteiger partial charge in [0.2, 0.25) is 0 Å². The Morgan fingerprint density at radius 1 is 1.16 bits per heavy atom. The van der Waals surface area contributed by atoms with Crippen molar-refractivity contribution in [3.63, 3.8) is 0 Å². The predicted octanol–water partition coefficient (Wildman–Crippen LogP) is 0.871. The van der Waals surface area contributed by atoms with Crippen LogP contribution in [0, 0.1) is 5.92 Å². The van der Waals surface area contributed by atoms with Crippen molar-refractivity contribution in [2.24, 2.45) is 5.92 Å². The number of rotatable bonds is 3. The van der Waals surface area contributed by atoms with Crippen LogP contribution in [0.2, 0.25) is 0 Å². The van der Waals surface area contributed by atoms with E-state index in [2.05, 4.69) is 32.9 Å². The molecule has 1 amide bonds. The third-order valence-electron chi connectivity index (χ3n) is 7.01. The van der Waals surface area contributed by atoms with Gasteiger partial charge in [-0.3, -0.25) is 25.3 Å². The van der Waals surface area contributed by atoms with E-state index < -0.39 is 5.38 Å². The zero-order valence-electron chi connectivity index (χ0n) is 15.2. The van der Waals surface area contributed by atoms with Crippen LogP contribution in [0.1, 0.15) is 45.4 Å². The van der Waals surface area contributed by atoms with E-state index in [1.54, 1.807) is 0 Å². The summed E-state index contributed by atoms with van der Waals surface area (Å²) < 4.78 is 0. The molecule has 3 saturated heterocycles. The molecule has 3 aliphatic heterocycles. The number of nitrogens with zero attached hydrogens (tertiary/aromatic N) is 2. The molecule has 6 nitrogen and oxygen atoms in total. The number of amides is 1. The second-order valence-electron chi connectivity index (χ2n) is 8.31. The third-order valence-corrected chi connectivity index (χ3v) is 7.49. The van der Waals surface area contributed by atoms with Gasteiger partial charge in [0.25, 0.3) is 5.91 Å². The molecule has 3 N–H and O–H groups in total. The Morgan fingerprint density at radius 2 is 1.96 bits per heavy atom. The van der Waals surface area contributed by atoms with Gasteiger partial charge in [-0.2, -0.15) is 0 Å². The number of likely N-dealkylation sites (tertiary alicyclic amines) is 1. The number of hydrogen-bond acceptors (Lipinski definition) is 5. The van der Waals surface area contributed by atoms with E-state index in [9.17, 15) is 4.79 Å². The maximum absolute atomic E-state index is 11.8. The lowest BCUT2D eigenvalue weighted by Crippen LogP contribution is -2.65. The summed E-state index contributed by atoms with van der Waals surface area (Å²) in [6.45, 7) is 6.19. The second kappa shape index (κ2) is 7.69. The summed E-state index contributed by atoms with van der Waals surface area (Å²) in [6, 6.07) is 1.89. The Morgan fingerprint density at radius 3 is 2.76 bits per heavy atom. The van der Waals surface area contributed by atoms with E-state index in [-0.39, 0.29) is 11.9 Å². The highest BCUT2D eigenvalue weighted by Crippen LogP contribution is 2.33. The SMILES string of the molecule is C[C@H](C1CCCCC1)N1CNC2CN(C3CNNC(=O)C3Cl)CCC21. The molecule has 0 aromatic carbocycles. The smallest absolute Gasteiger partial charge is 0.253 e.